The molecule has 18 nitrogen and oxygen atoms in total. The van der Waals surface area contributed by atoms with Gasteiger partial charge < -0.3 is 24.4 Å². The summed E-state index contributed by atoms with van der Waals surface area (Å²) in [6.07, 6.45) is 10.8. The van der Waals surface area contributed by atoms with Crippen molar-refractivity contribution in [3.8, 4) is 0 Å². The Labute approximate surface area is 595 Å². The van der Waals surface area contributed by atoms with Gasteiger partial charge in [-0.05, 0) is 238 Å². The maximum Gasteiger partial charge on any atom is 0.337 e. The summed E-state index contributed by atoms with van der Waals surface area (Å²) in [5.41, 5.74) is 6.81. The molecule has 0 bridgehead atoms. The number of aliphatic hydroxyl groups is 1. The number of nitrogens with one attached hydrogen (secondary N) is 1. The van der Waals surface area contributed by atoms with E-state index in [4.69, 9.17) is 24.2 Å². The molecule has 0 spiro atoms. The largest absolute Gasteiger partial charge is 0.512 e. The Morgan fingerprint density at radius 1 is 0.485 bits per heavy atom. The van der Waals surface area contributed by atoms with Crippen LogP contribution in [0.25, 0.3) is 0 Å². The van der Waals surface area contributed by atoms with E-state index >= 15 is 0 Å². The highest BCUT2D eigenvalue weighted by molar-refractivity contribution is 6.16. The number of methoxy groups -OCH3 is 2. The first kappa shape index (κ1) is 74.9. The Hall–Kier alpha value is -9.31. The number of hydrogen-bond acceptors (Lipinski definition) is 16. The van der Waals surface area contributed by atoms with E-state index in [9.17, 15) is 71.3 Å². The fourth-order valence-electron chi connectivity index (χ4n) is 16.1. The highest BCUT2D eigenvalue weighted by Gasteiger charge is 2.53. The molecule has 0 aromatic heterocycles. The van der Waals surface area contributed by atoms with Crippen molar-refractivity contribution in [1.29, 1.82) is 0 Å². The zero-order chi connectivity index (χ0) is 74.4. The molecular formula is C81H88F4N4O14. The predicted molar refractivity (Wildman–Crippen MR) is 374 cm³/mol. The van der Waals surface area contributed by atoms with Gasteiger partial charge in [0.2, 0.25) is 0 Å². The molecule has 103 heavy (non-hydrogen) atoms. The topological polar surface area (TPSA) is 274 Å². The minimum Gasteiger partial charge on any atom is -0.512 e. The van der Waals surface area contributed by atoms with E-state index in [-0.39, 0.29) is 73.0 Å². The van der Waals surface area contributed by atoms with E-state index < -0.39 is 74.5 Å². The smallest absolute Gasteiger partial charge is 0.337 e. The summed E-state index contributed by atoms with van der Waals surface area (Å²) in [5, 5.41) is 29.6. The van der Waals surface area contributed by atoms with Crippen LogP contribution in [0.3, 0.4) is 0 Å². The van der Waals surface area contributed by atoms with Crippen LogP contribution in [0, 0.1) is 68.7 Å². The molecule has 0 saturated heterocycles. The van der Waals surface area contributed by atoms with Crippen molar-refractivity contribution in [2.75, 3.05) is 14.2 Å². The van der Waals surface area contributed by atoms with Crippen LogP contribution in [0.5, 0.6) is 0 Å². The second kappa shape index (κ2) is 29.4. The van der Waals surface area contributed by atoms with Gasteiger partial charge in [0.25, 0.3) is 5.91 Å². The number of carbonyl (C=O) groups excluding carboxylic acids is 7. The third kappa shape index (κ3) is 14.8. The monoisotopic (exact) mass is 1420 g/mol. The number of hydroxylamine groups is 1. The summed E-state index contributed by atoms with van der Waals surface area (Å²) in [4.78, 5) is 115. The zero-order valence-corrected chi connectivity index (χ0v) is 59.7. The molecule has 3 fully saturated rings. The Balaban J connectivity index is 0.000000138. The Kier molecular flexibility index (Phi) is 21.4. The number of rotatable bonds is 12. The van der Waals surface area contributed by atoms with Gasteiger partial charge in [-0.1, -0.05) is 48.5 Å². The lowest BCUT2D eigenvalue weighted by atomic mass is 9.65. The number of allylic oxidation sites excluding steroid dienone is 7. The highest BCUT2D eigenvalue weighted by atomic mass is 19.1. The maximum atomic E-state index is 14.2. The first-order chi connectivity index (χ1) is 48.9. The summed E-state index contributed by atoms with van der Waals surface area (Å²) < 4.78 is 71.9. The lowest BCUT2D eigenvalue weighted by Gasteiger charge is -2.38. The van der Waals surface area contributed by atoms with Crippen molar-refractivity contribution in [3.05, 3.63) is 186 Å². The van der Waals surface area contributed by atoms with Gasteiger partial charge in [0.15, 0.2) is 17.3 Å². The number of benzene rings is 4. The normalized spacial score (nSPS) is 24.6. The van der Waals surface area contributed by atoms with Gasteiger partial charge in [0.05, 0.1) is 41.5 Å². The second-order valence-electron chi connectivity index (χ2n) is 30.0. The third-order valence-electron chi connectivity index (χ3n) is 22.4. The quantitative estimate of drug-likeness (QED) is 0.0338. The number of esters is 3. The van der Waals surface area contributed by atoms with Crippen molar-refractivity contribution >= 4 is 64.3 Å². The number of aliphatic imine (C=N–C) groups is 3. The Morgan fingerprint density at radius 2 is 0.796 bits per heavy atom. The summed E-state index contributed by atoms with van der Waals surface area (Å²) in [7, 11) is 2.60. The Morgan fingerprint density at radius 3 is 1.14 bits per heavy atom. The standard InChI is InChI=1S/C21H22FNO3.C20H21FN2O3.C20H20FNO3.C20H25FO5/c1-12-15(4-3-5-16(12)22)21(20(25)26-2)9-8-17-14(11-21)19(24)10-18(23-17)13-6-7-13;1-11-14(3-2-4-15(11)21)20(19(25)23-26)8-7-16-13(10-20)18(24)9-17(22-16)12-5-6-12;1-11-14(3-2-4-15(11)21)20(19(24)25)8-7-16-13(10-20)18(23)9-17(22-16)12-5-6-12;1-12-14(7-6-8-15(12)21)20(18(24)25-5)10-9-16(22)13(11-20)17(23)26-19(2,3)4/h3-5,13H,6-11H2,1-2H3;2-4,12,26H,5-10H2,1H3,(H,23,25);2-4,12H,5-10H2,1H3,(H,24,25);6-8,22H,9-11H2,1-5H3. The number of carboxylic acid groups (broad SMARTS) is 1. The van der Waals surface area contributed by atoms with E-state index in [1.165, 1.54) is 50.6 Å². The number of aliphatic carboxylic acids is 1. The van der Waals surface area contributed by atoms with Gasteiger partial charge in [-0.3, -0.25) is 53.7 Å². The van der Waals surface area contributed by atoms with Crippen LogP contribution >= 0.6 is 0 Å². The summed E-state index contributed by atoms with van der Waals surface area (Å²) in [5.74, 6) is -3.61. The lowest BCUT2D eigenvalue weighted by Crippen LogP contribution is -2.47. The number of carboxylic acids is 1. The van der Waals surface area contributed by atoms with Gasteiger partial charge in [0, 0.05) is 83.0 Å². The maximum absolute atomic E-state index is 14.2. The first-order valence-electron chi connectivity index (χ1n) is 35.4. The van der Waals surface area contributed by atoms with Crippen molar-refractivity contribution in [3.63, 3.8) is 0 Å². The molecule has 4 atom stereocenters. The van der Waals surface area contributed by atoms with E-state index in [1.807, 2.05) is 0 Å². The number of Topliss-reactive ketones (excluding diaryl/α,β-unsaturated/α-hetero) is 3. The molecule has 10 aliphatic rings. The molecule has 4 aromatic carbocycles. The van der Waals surface area contributed by atoms with Crippen molar-refractivity contribution in [2.45, 2.75) is 211 Å². The number of ketones is 3. The predicted octanol–water partition coefficient (Wildman–Crippen LogP) is 14.5. The summed E-state index contributed by atoms with van der Waals surface area (Å²) in [6.45, 7) is 11.6. The molecule has 4 unspecified atom stereocenters. The SMILES string of the molecule is COC(=O)C1(c2cccc(F)c2C)CCC(O)=C(C(=O)OC(C)(C)C)C1.COC(=O)C1(c2cccc(F)c2C)CCC2=C(C1)C(=O)CC(C1CC1)=N2.Cc1c(F)cccc1C1(C(=O)NO)CCC2=C(C1)C(=O)CC(C1CC1)=N2.Cc1c(F)cccc1C1(C(=O)O)CCC2=C(C1)C(=O)CC(C1CC1)=N2. The summed E-state index contributed by atoms with van der Waals surface area (Å²) >= 11 is 0. The number of halogens is 4. The second-order valence-corrected chi connectivity index (χ2v) is 30.0. The zero-order valence-electron chi connectivity index (χ0n) is 59.7. The molecule has 7 aliphatic carbocycles. The van der Waals surface area contributed by atoms with Crippen LogP contribution in [-0.4, -0.2) is 99.5 Å². The van der Waals surface area contributed by atoms with Crippen molar-refractivity contribution in [2.24, 2.45) is 32.7 Å². The number of carbonyl (C=O) groups is 8. The van der Waals surface area contributed by atoms with Gasteiger partial charge in [-0.15, -0.1) is 0 Å². The van der Waals surface area contributed by atoms with Gasteiger partial charge >= 0.3 is 23.9 Å². The first-order valence-corrected chi connectivity index (χ1v) is 35.4. The molecule has 22 heteroatoms. The Bertz CT molecular complexity index is 4320. The van der Waals surface area contributed by atoms with Crippen LogP contribution < -0.4 is 5.48 Å². The molecule has 14 rings (SSSR count). The molecule has 3 aliphatic heterocycles. The number of aliphatic hydroxyl groups excluding tert-OH is 1. The molecule has 4 N–H and O–H groups in total. The molecule has 4 aromatic rings. The minimum absolute atomic E-state index is 0.000714. The molecule has 3 heterocycles. The van der Waals surface area contributed by atoms with Crippen LogP contribution in [0.4, 0.5) is 17.6 Å². The average molecular weight is 1420 g/mol. The van der Waals surface area contributed by atoms with E-state index in [1.54, 1.807) is 90.3 Å². The van der Waals surface area contributed by atoms with Gasteiger partial charge in [-0.25, -0.2) is 27.8 Å². The molecule has 3 saturated carbocycles. The highest BCUT2D eigenvalue weighted by Crippen LogP contribution is 2.52. The summed E-state index contributed by atoms with van der Waals surface area (Å²) in [6, 6.07) is 18.4. The van der Waals surface area contributed by atoms with Gasteiger partial charge in [0.1, 0.15) is 34.6 Å². The minimum atomic E-state index is -1.26. The fourth-order valence-corrected chi connectivity index (χ4v) is 16.1. The molecular weight excluding hydrogens is 1330 g/mol. The van der Waals surface area contributed by atoms with Gasteiger partial charge in [-0.2, -0.15) is 0 Å². The molecule has 1 amide bonds. The molecule has 0 radical (unpaired) electrons. The number of hydrogen-bond donors (Lipinski definition) is 4. The lowest BCUT2D eigenvalue weighted by molar-refractivity contribution is -0.152. The van der Waals surface area contributed by atoms with Crippen molar-refractivity contribution < 1.29 is 85.5 Å². The average Bonchev–Trinajstić information content (AvgIpc) is 1.54. The molecule has 544 valence electrons. The van der Waals surface area contributed by atoms with Crippen LogP contribution in [-0.2, 0) is 74.2 Å². The fraction of sp³-hybridized carbons (Fsp3) is 0.469. The van der Waals surface area contributed by atoms with Crippen molar-refractivity contribution in [1.82, 2.24) is 5.48 Å². The third-order valence-corrected chi connectivity index (χ3v) is 22.4. The van der Waals surface area contributed by atoms with E-state index in [0.29, 0.717) is 137 Å². The number of amides is 1. The van der Waals surface area contributed by atoms with Crippen LogP contribution in [0.2, 0.25) is 0 Å². The van der Waals surface area contributed by atoms with Crippen LogP contribution in [0.15, 0.2) is 133 Å². The van der Waals surface area contributed by atoms with E-state index in [0.717, 1.165) is 72.8 Å². The van der Waals surface area contributed by atoms with E-state index in [2.05, 4.69) is 4.99 Å². The van der Waals surface area contributed by atoms with Crippen LogP contribution in [0.1, 0.15) is 200 Å². The number of ether oxygens (including phenoxy) is 3. The number of nitrogens with zero attached hydrogens (tertiary/aromatic N) is 3.